The highest BCUT2D eigenvalue weighted by atomic mass is 32.2. The second kappa shape index (κ2) is 12.3. The Hall–Kier alpha value is -3.24. The van der Waals surface area contributed by atoms with Crippen molar-refractivity contribution in [1.29, 1.82) is 0 Å². The molecule has 0 amide bonds. The quantitative estimate of drug-likeness (QED) is 0.271. The Morgan fingerprint density at radius 2 is 1.68 bits per heavy atom. The third kappa shape index (κ3) is 5.64. The van der Waals surface area contributed by atoms with Gasteiger partial charge in [-0.1, -0.05) is 40.8 Å². The molecule has 2 aliphatic rings. The second-order valence-corrected chi connectivity index (χ2v) is 11.3. The maximum atomic E-state index is 11.4. The van der Waals surface area contributed by atoms with Gasteiger partial charge in [0.25, 0.3) is 0 Å². The number of benzene rings is 1. The molecule has 216 valence electrons. The minimum atomic E-state index is -1.13. The molecule has 2 fully saturated rings. The van der Waals surface area contributed by atoms with Crippen LogP contribution in [0.1, 0.15) is 12.1 Å². The van der Waals surface area contributed by atoms with Gasteiger partial charge < -0.3 is 29.5 Å². The topological polar surface area (TPSA) is 163 Å². The fraction of sp³-hybridized carbons (Fsp3) is 0.444. The van der Waals surface area contributed by atoms with Crippen molar-refractivity contribution in [2.45, 2.75) is 47.2 Å². The third-order valence-electron chi connectivity index (χ3n) is 7.44. The Morgan fingerprint density at radius 1 is 0.951 bits per heavy atom. The average Bonchev–Trinajstić information content (AvgIpc) is 3.70. The highest BCUT2D eigenvalue weighted by Crippen LogP contribution is 2.41. The molecule has 0 aliphatic carbocycles. The van der Waals surface area contributed by atoms with Gasteiger partial charge in [0.05, 0.1) is 43.6 Å². The minimum Gasteiger partial charge on any atom is -0.394 e. The molecular weight excluding hydrogens is 550 g/mol. The van der Waals surface area contributed by atoms with Gasteiger partial charge in [-0.15, -0.1) is 22.0 Å². The van der Waals surface area contributed by atoms with Crippen molar-refractivity contribution in [3.63, 3.8) is 0 Å². The van der Waals surface area contributed by atoms with Crippen LogP contribution in [-0.4, -0.2) is 112 Å². The van der Waals surface area contributed by atoms with E-state index in [1.165, 1.54) is 23.6 Å². The van der Waals surface area contributed by atoms with Gasteiger partial charge >= 0.3 is 0 Å². The summed E-state index contributed by atoms with van der Waals surface area (Å²) in [6, 6.07) is 12.2. The van der Waals surface area contributed by atoms with Crippen LogP contribution >= 0.6 is 11.8 Å². The number of methoxy groups -OCH3 is 1. The zero-order valence-corrected chi connectivity index (χ0v) is 23.0. The summed E-state index contributed by atoms with van der Waals surface area (Å²) >= 11 is 1.33. The van der Waals surface area contributed by atoms with Crippen LogP contribution in [-0.2, 0) is 14.2 Å². The highest BCUT2D eigenvalue weighted by Gasteiger charge is 2.49. The summed E-state index contributed by atoms with van der Waals surface area (Å²) in [5, 5.41) is 49.3. The molecule has 0 bridgehead atoms. The van der Waals surface area contributed by atoms with Crippen molar-refractivity contribution in [3.8, 4) is 22.5 Å². The molecule has 6 rings (SSSR count). The van der Waals surface area contributed by atoms with Gasteiger partial charge in [-0.05, 0) is 12.1 Å². The molecular formula is C27H31N7O6S. The van der Waals surface area contributed by atoms with Crippen LogP contribution in [0.25, 0.3) is 22.5 Å². The molecule has 5 heterocycles. The monoisotopic (exact) mass is 581 g/mol. The first-order valence-corrected chi connectivity index (χ1v) is 14.2. The number of hydrogen-bond acceptors (Lipinski definition) is 12. The van der Waals surface area contributed by atoms with Crippen LogP contribution in [0.5, 0.6) is 0 Å². The van der Waals surface area contributed by atoms with E-state index >= 15 is 0 Å². The number of pyridine rings is 1. The number of hydrogen-bond donors (Lipinski definition) is 3. The number of aliphatic hydroxyl groups is 3. The van der Waals surface area contributed by atoms with E-state index < -0.39 is 53.8 Å². The normalized spacial score (nSPS) is 30.3. The van der Waals surface area contributed by atoms with E-state index in [1.54, 1.807) is 35.5 Å². The summed E-state index contributed by atoms with van der Waals surface area (Å²) in [6.07, 6.45) is 3.29. The predicted molar refractivity (Wildman–Crippen MR) is 148 cm³/mol. The molecule has 4 aromatic rings. The van der Waals surface area contributed by atoms with Crippen LogP contribution in [0.4, 0.5) is 0 Å². The minimum absolute atomic E-state index is 0.268. The standard InChI is InChI=1S/C27H31N7O6S/c1-38-26-23(34-12-19(30-32-34)17-8-5-9-28-10-17)25(37)21(13-35)40-27(26)41-22-15-39-14-20(24(22)36)33-11-18(29-31-33)16-6-3-2-4-7-16/h2-12,20-27,35-37H,13-15H2,1H3. The molecule has 3 N–H and O–H groups in total. The lowest BCUT2D eigenvalue weighted by atomic mass is 9.97. The van der Waals surface area contributed by atoms with Crippen LogP contribution in [0.3, 0.4) is 0 Å². The van der Waals surface area contributed by atoms with E-state index in [-0.39, 0.29) is 13.2 Å². The lowest BCUT2D eigenvalue weighted by Gasteiger charge is -2.45. The average molecular weight is 582 g/mol. The zero-order chi connectivity index (χ0) is 28.3. The fourth-order valence-electron chi connectivity index (χ4n) is 5.25. The molecule has 3 aromatic heterocycles. The molecule has 0 saturated carbocycles. The number of aliphatic hydroxyl groups excluding tert-OH is 3. The smallest absolute Gasteiger partial charge is 0.132 e. The van der Waals surface area contributed by atoms with E-state index in [1.807, 2.05) is 36.4 Å². The van der Waals surface area contributed by atoms with Crippen molar-refractivity contribution in [1.82, 2.24) is 35.0 Å². The number of ether oxygens (including phenoxy) is 3. The summed E-state index contributed by atoms with van der Waals surface area (Å²) in [7, 11) is 1.52. The van der Waals surface area contributed by atoms with E-state index in [0.29, 0.717) is 11.4 Å². The second-order valence-electron chi connectivity index (χ2n) is 9.95. The molecule has 8 unspecified atom stereocenters. The van der Waals surface area contributed by atoms with Crippen molar-refractivity contribution in [3.05, 3.63) is 67.3 Å². The Labute approximate surface area is 240 Å². The van der Waals surface area contributed by atoms with E-state index in [9.17, 15) is 15.3 Å². The molecule has 2 aliphatic heterocycles. The zero-order valence-electron chi connectivity index (χ0n) is 22.2. The lowest BCUT2D eigenvalue weighted by Crippen LogP contribution is -2.56. The van der Waals surface area contributed by atoms with E-state index in [2.05, 4.69) is 25.6 Å². The third-order valence-corrected chi connectivity index (χ3v) is 8.86. The van der Waals surface area contributed by atoms with Crippen LogP contribution in [0.15, 0.2) is 67.3 Å². The van der Waals surface area contributed by atoms with Gasteiger partial charge in [0.2, 0.25) is 0 Å². The number of rotatable bonds is 8. The predicted octanol–water partition coefficient (Wildman–Crippen LogP) is 0.967. The molecule has 0 spiro atoms. The molecule has 41 heavy (non-hydrogen) atoms. The Kier molecular flexibility index (Phi) is 8.39. The van der Waals surface area contributed by atoms with E-state index in [4.69, 9.17) is 14.2 Å². The fourth-order valence-corrected chi connectivity index (χ4v) is 6.74. The largest absolute Gasteiger partial charge is 0.394 e. The first-order chi connectivity index (χ1) is 20.1. The first-order valence-electron chi connectivity index (χ1n) is 13.2. The summed E-state index contributed by atoms with van der Waals surface area (Å²) in [5.41, 5.74) is 2.31. The number of nitrogens with zero attached hydrogens (tertiary/aromatic N) is 7. The summed E-state index contributed by atoms with van der Waals surface area (Å²) in [6.45, 7) is 0.124. The summed E-state index contributed by atoms with van der Waals surface area (Å²) in [4.78, 5) is 4.13. The van der Waals surface area contributed by atoms with Gasteiger partial charge in [0, 0.05) is 30.6 Å². The molecule has 14 heteroatoms. The van der Waals surface area contributed by atoms with Gasteiger partial charge in [0.15, 0.2) is 0 Å². The highest BCUT2D eigenvalue weighted by molar-refractivity contribution is 8.00. The molecule has 2 saturated heterocycles. The molecule has 13 nitrogen and oxygen atoms in total. The summed E-state index contributed by atoms with van der Waals surface area (Å²) in [5.74, 6) is 0. The van der Waals surface area contributed by atoms with Crippen molar-refractivity contribution < 1.29 is 29.5 Å². The Morgan fingerprint density at radius 3 is 2.41 bits per heavy atom. The summed E-state index contributed by atoms with van der Waals surface area (Å²) < 4.78 is 21.0. The van der Waals surface area contributed by atoms with Gasteiger partial charge in [-0.3, -0.25) is 4.98 Å². The number of thioether (sulfide) groups is 1. The van der Waals surface area contributed by atoms with Gasteiger partial charge in [-0.25, -0.2) is 9.36 Å². The Bertz CT molecular complexity index is 1410. The van der Waals surface area contributed by atoms with Crippen molar-refractivity contribution in [2.75, 3.05) is 26.9 Å². The van der Waals surface area contributed by atoms with Crippen LogP contribution in [0, 0.1) is 0 Å². The molecule has 0 radical (unpaired) electrons. The van der Waals surface area contributed by atoms with Crippen LogP contribution < -0.4 is 0 Å². The van der Waals surface area contributed by atoms with Gasteiger partial charge in [0.1, 0.15) is 47.2 Å². The maximum absolute atomic E-state index is 11.4. The van der Waals surface area contributed by atoms with E-state index in [0.717, 1.165) is 11.1 Å². The molecule has 1 aromatic carbocycles. The Balaban J connectivity index is 1.22. The SMILES string of the molecule is COC1C(SC2COCC(n3cc(-c4ccccc4)nn3)C2O)OC(CO)C(O)C1n1cc(-c2cccnc2)nn1. The molecule has 8 atom stereocenters. The van der Waals surface area contributed by atoms with Crippen molar-refractivity contribution in [2.24, 2.45) is 0 Å². The first kappa shape index (κ1) is 27.9. The van der Waals surface area contributed by atoms with Gasteiger partial charge in [-0.2, -0.15) is 0 Å². The van der Waals surface area contributed by atoms with Crippen LogP contribution in [0.2, 0.25) is 0 Å². The lowest BCUT2D eigenvalue weighted by molar-refractivity contribution is -0.186. The maximum Gasteiger partial charge on any atom is 0.132 e. The van der Waals surface area contributed by atoms with Crippen molar-refractivity contribution >= 4 is 11.8 Å². The number of aromatic nitrogens is 7.